The minimum absolute atomic E-state index is 0.204. The Morgan fingerprint density at radius 3 is 2.95 bits per heavy atom. The van der Waals surface area contributed by atoms with Crippen LogP contribution in [-0.4, -0.2) is 42.9 Å². The van der Waals surface area contributed by atoms with Gasteiger partial charge in [-0.05, 0) is 30.5 Å². The maximum atomic E-state index is 9.57. The summed E-state index contributed by atoms with van der Waals surface area (Å²) in [6, 6.07) is 8.01. The molecule has 0 saturated carbocycles. The fraction of sp³-hybridized carbons (Fsp3) is 0.562. The molecule has 1 atom stereocenters. The van der Waals surface area contributed by atoms with Crippen molar-refractivity contribution in [1.82, 2.24) is 4.90 Å². The SMILES string of the molecule is COc1ccc(CN2CC[C@H](O)C2)cc1OCCCC#N. The van der Waals surface area contributed by atoms with Crippen molar-refractivity contribution in [2.45, 2.75) is 31.9 Å². The lowest BCUT2D eigenvalue weighted by Gasteiger charge is -2.17. The number of aliphatic hydroxyl groups is 1. The third-order valence-electron chi connectivity index (χ3n) is 3.57. The topological polar surface area (TPSA) is 65.7 Å². The number of aliphatic hydroxyl groups excluding tert-OH is 1. The van der Waals surface area contributed by atoms with Gasteiger partial charge in [-0.15, -0.1) is 0 Å². The molecule has 1 aromatic rings. The highest BCUT2D eigenvalue weighted by Crippen LogP contribution is 2.29. The molecule has 1 aliphatic rings. The molecule has 1 fully saturated rings. The summed E-state index contributed by atoms with van der Waals surface area (Å²) in [7, 11) is 1.62. The van der Waals surface area contributed by atoms with E-state index in [9.17, 15) is 5.11 Å². The van der Waals surface area contributed by atoms with Gasteiger partial charge in [0.25, 0.3) is 0 Å². The predicted molar refractivity (Wildman–Crippen MR) is 79.2 cm³/mol. The average molecular weight is 290 g/mol. The van der Waals surface area contributed by atoms with Gasteiger partial charge in [0.05, 0.1) is 25.9 Å². The van der Waals surface area contributed by atoms with E-state index in [0.29, 0.717) is 30.9 Å². The first-order valence-corrected chi connectivity index (χ1v) is 7.30. The van der Waals surface area contributed by atoms with E-state index in [1.165, 1.54) is 0 Å². The second-order valence-electron chi connectivity index (χ2n) is 5.27. The van der Waals surface area contributed by atoms with E-state index in [4.69, 9.17) is 14.7 Å². The summed E-state index contributed by atoms with van der Waals surface area (Å²) in [6.07, 6.45) is 1.84. The molecule has 1 aliphatic heterocycles. The molecule has 5 heteroatoms. The van der Waals surface area contributed by atoms with Crippen LogP contribution in [0, 0.1) is 11.3 Å². The van der Waals surface area contributed by atoms with Crippen molar-refractivity contribution in [1.29, 1.82) is 5.26 Å². The fourth-order valence-corrected chi connectivity index (χ4v) is 2.48. The highest BCUT2D eigenvalue weighted by Gasteiger charge is 2.20. The Hall–Kier alpha value is -1.77. The Kier molecular flexibility index (Phi) is 5.85. The Labute approximate surface area is 125 Å². The number of hydrogen-bond donors (Lipinski definition) is 1. The van der Waals surface area contributed by atoms with Crippen LogP contribution in [0.4, 0.5) is 0 Å². The quantitative estimate of drug-likeness (QED) is 0.777. The van der Waals surface area contributed by atoms with Crippen molar-refractivity contribution >= 4 is 0 Å². The number of ether oxygens (including phenoxy) is 2. The van der Waals surface area contributed by atoms with Gasteiger partial charge in [-0.1, -0.05) is 6.07 Å². The predicted octanol–water partition coefficient (Wildman–Crippen LogP) is 1.94. The van der Waals surface area contributed by atoms with Gasteiger partial charge >= 0.3 is 0 Å². The number of unbranched alkanes of at least 4 members (excludes halogenated alkanes) is 1. The van der Waals surface area contributed by atoms with Crippen LogP contribution in [-0.2, 0) is 6.54 Å². The molecule has 0 radical (unpaired) electrons. The van der Waals surface area contributed by atoms with Crippen LogP contribution in [0.5, 0.6) is 11.5 Å². The summed E-state index contributed by atoms with van der Waals surface area (Å²) in [6.45, 7) is 2.96. The third kappa shape index (κ3) is 4.62. The molecule has 1 heterocycles. The van der Waals surface area contributed by atoms with E-state index >= 15 is 0 Å². The van der Waals surface area contributed by atoms with E-state index in [2.05, 4.69) is 11.0 Å². The lowest BCUT2D eigenvalue weighted by molar-refractivity contribution is 0.174. The number of nitriles is 1. The third-order valence-corrected chi connectivity index (χ3v) is 3.57. The van der Waals surface area contributed by atoms with E-state index in [1.54, 1.807) is 7.11 Å². The van der Waals surface area contributed by atoms with E-state index in [0.717, 1.165) is 31.6 Å². The van der Waals surface area contributed by atoms with Crippen LogP contribution in [0.25, 0.3) is 0 Å². The van der Waals surface area contributed by atoms with Crippen molar-refractivity contribution in [3.8, 4) is 17.6 Å². The minimum atomic E-state index is -0.204. The first-order valence-electron chi connectivity index (χ1n) is 7.30. The van der Waals surface area contributed by atoms with Gasteiger partial charge in [-0.3, -0.25) is 4.90 Å². The summed E-state index contributed by atoms with van der Waals surface area (Å²) >= 11 is 0. The second-order valence-corrected chi connectivity index (χ2v) is 5.27. The Morgan fingerprint density at radius 2 is 2.29 bits per heavy atom. The molecule has 2 rings (SSSR count). The van der Waals surface area contributed by atoms with Crippen LogP contribution in [0.3, 0.4) is 0 Å². The van der Waals surface area contributed by atoms with Crippen LogP contribution in [0.15, 0.2) is 18.2 Å². The zero-order chi connectivity index (χ0) is 15.1. The Bertz CT molecular complexity index is 499. The number of methoxy groups -OCH3 is 1. The number of β-amino-alcohol motifs (C(OH)–C–C–N with tert-alkyl or cyclic N) is 1. The van der Waals surface area contributed by atoms with E-state index in [1.807, 2.05) is 18.2 Å². The smallest absolute Gasteiger partial charge is 0.161 e. The minimum Gasteiger partial charge on any atom is -0.493 e. The van der Waals surface area contributed by atoms with E-state index < -0.39 is 0 Å². The Balaban J connectivity index is 1.97. The summed E-state index contributed by atoms with van der Waals surface area (Å²) in [5, 5.41) is 18.1. The van der Waals surface area contributed by atoms with Gasteiger partial charge in [-0.2, -0.15) is 5.26 Å². The van der Waals surface area contributed by atoms with Gasteiger partial charge in [0.2, 0.25) is 0 Å². The van der Waals surface area contributed by atoms with Gasteiger partial charge in [0, 0.05) is 26.1 Å². The highest BCUT2D eigenvalue weighted by molar-refractivity contribution is 5.43. The normalized spacial score (nSPS) is 18.4. The molecular weight excluding hydrogens is 268 g/mol. The fourth-order valence-electron chi connectivity index (χ4n) is 2.48. The van der Waals surface area contributed by atoms with Crippen molar-refractivity contribution in [3.63, 3.8) is 0 Å². The number of rotatable bonds is 7. The largest absolute Gasteiger partial charge is 0.493 e. The van der Waals surface area contributed by atoms with Crippen molar-refractivity contribution in [3.05, 3.63) is 23.8 Å². The van der Waals surface area contributed by atoms with Gasteiger partial charge in [0.1, 0.15) is 0 Å². The summed E-state index contributed by atoms with van der Waals surface area (Å²) in [4.78, 5) is 2.23. The van der Waals surface area contributed by atoms with Gasteiger partial charge < -0.3 is 14.6 Å². The lowest BCUT2D eigenvalue weighted by atomic mass is 10.2. The molecule has 0 bridgehead atoms. The number of hydrogen-bond acceptors (Lipinski definition) is 5. The molecule has 5 nitrogen and oxygen atoms in total. The molecule has 0 unspecified atom stereocenters. The standard InChI is InChI=1S/C16H22N2O3/c1-20-15-5-4-13(11-18-8-6-14(19)12-18)10-16(15)21-9-3-2-7-17/h4-5,10,14,19H,2-3,6,8-9,11-12H2,1H3/t14-/m0/s1. The zero-order valence-electron chi connectivity index (χ0n) is 12.4. The summed E-state index contributed by atoms with van der Waals surface area (Å²) < 4.78 is 11.0. The molecule has 1 saturated heterocycles. The van der Waals surface area contributed by atoms with Crippen molar-refractivity contribution < 1.29 is 14.6 Å². The first kappa shape index (κ1) is 15.6. The number of benzene rings is 1. The van der Waals surface area contributed by atoms with E-state index in [-0.39, 0.29) is 6.10 Å². The molecule has 0 aliphatic carbocycles. The lowest BCUT2D eigenvalue weighted by Crippen LogP contribution is -2.21. The summed E-state index contributed by atoms with van der Waals surface area (Å²) in [5.74, 6) is 1.42. The molecular formula is C16H22N2O3. The maximum Gasteiger partial charge on any atom is 0.161 e. The van der Waals surface area contributed by atoms with Crippen molar-refractivity contribution in [2.75, 3.05) is 26.8 Å². The molecule has 1 N–H and O–H groups in total. The van der Waals surface area contributed by atoms with Crippen LogP contribution in [0.1, 0.15) is 24.8 Å². The maximum absolute atomic E-state index is 9.57. The van der Waals surface area contributed by atoms with Crippen LogP contribution < -0.4 is 9.47 Å². The first-order chi connectivity index (χ1) is 10.2. The molecule has 114 valence electrons. The molecule has 0 spiro atoms. The second kappa shape index (κ2) is 7.87. The monoisotopic (exact) mass is 290 g/mol. The van der Waals surface area contributed by atoms with Gasteiger partial charge in [0.15, 0.2) is 11.5 Å². The number of nitrogens with zero attached hydrogens (tertiary/aromatic N) is 2. The average Bonchev–Trinajstić information content (AvgIpc) is 2.89. The highest BCUT2D eigenvalue weighted by atomic mass is 16.5. The zero-order valence-corrected chi connectivity index (χ0v) is 12.4. The summed E-state index contributed by atoms with van der Waals surface area (Å²) in [5.41, 5.74) is 1.14. The Morgan fingerprint density at radius 1 is 1.43 bits per heavy atom. The molecule has 1 aromatic carbocycles. The molecule has 0 amide bonds. The molecule has 0 aromatic heterocycles. The molecule has 21 heavy (non-hydrogen) atoms. The van der Waals surface area contributed by atoms with Crippen molar-refractivity contribution in [2.24, 2.45) is 0 Å². The van der Waals surface area contributed by atoms with Crippen LogP contribution >= 0.6 is 0 Å². The number of likely N-dealkylation sites (tertiary alicyclic amines) is 1. The van der Waals surface area contributed by atoms with Crippen LogP contribution in [0.2, 0.25) is 0 Å². The van der Waals surface area contributed by atoms with Gasteiger partial charge in [-0.25, -0.2) is 0 Å².